The number of hydrogen-bond donors (Lipinski definition) is 1. The fraction of sp³-hybridized carbons (Fsp3) is 0.667. The molecule has 0 aliphatic rings. The molecule has 0 spiro atoms. The third-order valence-corrected chi connectivity index (χ3v) is 0.986. The number of rotatable bonds is 1. The van der Waals surface area contributed by atoms with E-state index in [4.69, 9.17) is 11.5 Å². The first-order valence-corrected chi connectivity index (χ1v) is 2.32. The third-order valence-electron chi connectivity index (χ3n) is 0.986. The van der Waals surface area contributed by atoms with Crippen molar-refractivity contribution in [1.82, 2.24) is 0 Å². The molecule has 7 heavy (non-hydrogen) atoms. The number of aliphatic hydroxyl groups excluding tert-OH is 1. The van der Waals surface area contributed by atoms with Crippen molar-refractivity contribution < 1.29 is 5.11 Å². The monoisotopic (exact) mass is 98.1 g/mol. The van der Waals surface area contributed by atoms with Gasteiger partial charge in [0.1, 0.15) is 0 Å². The van der Waals surface area contributed by atoms with Crippen LogP contribution in [0, 0.1) is 18.3 Å². The Labute approximate surface area is 44.4 Å². The van der Waals surface area contributed by atoms with Crippen LogP contribution < -0.4 is 0 Å². The highest BCUT2D eigenvalue weighted by Gasteiger charge is 2.01. The second-order valence-electron chi connectivity index (χ2n) is 1.70. The Morgan fingerprint density at radius 2 is 2.00 bits per heavy atom. The molecule has 2 atom stereocenters. The standard InChI is InChI=1S/C6H10O/c1-4-5(2)6(3)7/h1,5-7H,2-3H3. The Balaban J connectivity index is 3.40. The maximum Gasteiger partial charge on any atom is 0.0646 e. The summed E-state index contributed by atoms with van der Waals surface area (Å²) in [5.74, 6) is 2.40. The van der Waals surface area contributed by atoms with Gasteiger partial charge in [-0.3, -0.25) is 0 Å². The summed E-state index contributed by atoms with van der Waals surface area (Å²) in [6, 6.07) is 0. The molecule has 0 aliphatic heterocycles. The Morgan fingerprint density at radius 1 is 1.57 bits per heavy atom. The highest BCUT2D eigenvalue weighted by Crippen LogP contribution is 1.96. The Morgan fingerprint density at radius 3 is 2.00 bits per heavy atom. The van der Waals surface area contributed by atoms with Gasteiger partial charge in [-0.25, -0.2) is 0 Å². The van der Waals surface area contributed by atoms with Gasteiger partial charge in [-0.15, -0.1) is 12.3 Å². The van der Waals surface area contributed by atoms with E-state index in [-0.39, 0.29) is 12.0 Å². The molecule has 0 rings (SSSR count). The minimum Gasteiger partial charge on any atom is -0.392 e. The van der Waals surface area contributed by atoms with E-state index in [2.05, 4.69) is 5.92 Å². The van der Waals surface area contributed by atoms with E-state index in [0.717, 1.165) is 0 Å². The number of aliphatic hydroxyl groups is 1. The molecule has 40 valence electrons. The van der Waals surface area contributed by atoms with Crippen LogP contribution in [0.4, 0.5) is 0 Å². The molecule has 1 nitrogen and oxygen atoms in total. The summed E-state index contributed by atoms with van der Waals surface area (Å²) in [5, 5.41) is 8.68. The molecular weight excluding hydrogens is 88.1 g/mol. The van der Waals surface area contributed by atoms with Crippen molar-refractivity contribution in [1.29, 1.82) is 0 Å². The predicted molar refractivity (Wildman–Crippen MR) is 29.7 cm³/mol. The zero-order valence-corrected chi connectivity index (χ0v) is 4.68. The maximum absolute atomic E-state index is 8.68. The lowest BCUT2D eigenvalue weighted by molar-refractivity contribution is 0.161. The quantitative estimate of drug-likeness (QED) is 0.477. The third kappa shape index (κ3) is 2.24. The van der Waals surface area contributed by atoms with E-state index in [1.165, 1.54) is 0 Å². The molecule has 0 aromatic heterocycles. The van der Waals surface area contributed by atoms with Crippen LogP contribution in [0.15, 0.2) is 0 Å². The Hall–Kier alpha value is -0.480. The summed E-state index contributed by atoms with van der Waals surface area (Å²) in [7, 11) is 0. The van der Waals surface area contributed by atoms with Crippen molar-refractivity contribution in [2.24, 2.45) is 5.92 Å². The maximum atomic E-state index is 8.68. The molecule has 0 aromatic rings. The van der Waals surface area contributed by atoms with E-state index in [0.29, 0.717) is 0 Å². The fourth-order valence-electron chi connectivity index (χ4n) is 0.139. The van der Waals surface area contributed by atoms with E-state index in [1.54, 1.807) is 6.92 Å². The highest BCUT2D eigenvalue weighted by molar-refractivity contribution is 4.92. The van der Waals surface area contributed by atoms with Gasteiger partial charge in [0.15, 0.2) is 0 Å². The average Bonchev–Trinajstić information content (AvgIpc) is 1.65. The van der Waals surface area contributed by atoms with Crippen molar-refractivity contribution in [2.45, 2.75) is 20.0 Å². The van der Waals surface area contributed by atoms with Crippen LogP contribution in [0.2, 0.25) is 0 Å². The molecule has 0 aliphatic carbocycles. The molecule has 1 N–H and O–H groups in total. The van der Waals surface area contributed by atoms with Crippen molar-refractivity contribution >= 4 is 0 Å². The van der Waals surface area contributed by atoms with Gasteiger partial charge in [0.2, 0.25) is 0 Å². The number of hydrogen-bond acceptors (Lipinski definition) is 1. The first-order valence-electron chi connectivity index (χ1n) is 2.32. The zero-order valence-electron chi connectivity index (χ0n) is 4.68. The van der Waals surface area contributed by atoms with Gasteiger partial charge in [0.25, 0.3) is 0 Å². The van der Waals surface area contributed by atoms with E-state index >= 15 is 0 Å². The minimum absolute atomic E-state index is 0.0139. The molecule has 0 aromatic carbocycles. The molecule has 0 bridgehead atoms. The van der Waals surface area contributed by atoms with Crippen molar-refractivity contribution in [3.8, 4) is 12.3 Å². The smallest absolute Gasteiger partial charge is 0.0646 e. The molecule has 0 fully saturated rings. The SMILES string of the molecule is C#CC(C)C(C)O. The lowest BCUT2D eigenvalue weighted by Gasteiger charge is -2.04. The minimum atomic E-state index is -0.370. The first-order chi connectivity index (χ1) is 3.18. The van der Waals surface area contributed by atoms with Gasteiger partial charge in [0, 0.05) is 5.92 Å². The molecule has 0 radical (unpaired) electrons. The topological polar surface area (TPSA) is 20.2 Å². The summed E-state index contributed by atoms with van der Waals surface area (Å²) >= 11 is 0. The van der Waals surface area contributed by atoms with Crippen LogP contribution in [-0.2, 0) is 0 Å². The van der Waals surface area contributed by atoms with Crippen LogP contribution in [0.5, 0.6) is 0 Å². The Bertz CT molecular complexity index is 78.7. The van der Waals surface area contributed by atoms with Gasteiger partial charge in [-0.1, -0.05) is 0 Å². The first kappa shape index (κ1) is 6.52. The number of terminal acetylenes is 1. The highest BCUT2D eigenvalue weighted by atomic mass is 16.3. The molecule has 2 unspecified atom stereocenters. The van der Waals surface area contributed by atoms with Crippen molar-refractivity contribution in [3.63, 3.8) is 0 Å². The molecule has 0 amide bonds. The van der Waals surface area contributed by atoms with Gasteiger partial charge < -0.3 is 5.11 Å². The van der Waals surface area contributed by atoms with Crippen LogP contribution in [0.1, 0.15) is 13.8 Å². The Kier molecular flexibility index (Phi) is 2.47. The van der Waals surface area contributed by atoms with Crippen LogP contribution >= 0.6 is 0 Å². The van der Waals surface area contributed by atoms with Gasteiger partial charge in [-0.05, 0) is 13.8 Å². The van der Waals surface area contributed by atoms with Gasteiger partial charge in [-0.2, -0.15) is 0 Å². The normalized spacial score (nSPS) is 17.4. The summed E-state index contributed by atoms with van der Waals surface area (Å²) in [6.07, 6.45) is 4.59. The fourth-order valence-corrected chi connectivity index (χ4v) is 0.139. The second-order valence-corrected chi connectivity index (χ2v) is 1.70. The summed E-state index contributed by atoms with van der Waals surface area (Å²) in [5.41, 5.74) is 0. The van der Waals surface area contributed by atoms with Gasteiger partial charge >= 0.3 is 0 Å². The zero-order chi connectivity index (χ0) is 5.86. The molecular formula is C6H10O. The van der Waals surface area contributed by atoms with Crippen LogP contribution in [0.25, 0.3) is 0 Å². The van der Waals surface area contributed by atoms with Crippen molar-refractivity contribution in [2.75, 3.05) is 0 Å². The lowest BCUT2D eigenvalue weighted by Crippen LogP contribution is -2.09. The molecule has 1 heteroatoms. The van der Waals surface area contributed by atoms with E-state index < -0.39 is 0 Å². The molecule has 0 saturated carbocycles. The van der Waals surface area contributed by atoms with Crippen LogP contribution in [-0.4, -0.2) is 11.2 Å². The second kappa shape index (κ2) is 2.65. The summed E-state index contributed by atoms with van der Waals surface area (Å²) in [6.45, 7) is 3.50. The predicted octanol–water partition coefficient (Wildman–Crippen LogP) is 0.637. The average molecular weight is 98.1 g/mol. The largest absolute Gasteiger partial charge is 0.392 e. The summed E-state index contributed by atoms with van der Waals surface area (Å²) < 4.78 is 0. The van der Waals surface area contributed by atoms with Crippen molar-refractivity contribution in [3.05, 3.63) is 0 Å². The molecule has 0 heterocycles. The van der Waals surface area contributed by atoms with Crippen LogP contribution in [0.3, 0.4) is 0 Å². The van der Waals surface area contributed by atoms with E-state index in [9.17, 15) is 0 Å². The van der Waals surface area contributed by atoms with E-state index in [1.807, 2.05) is 6.92 Å². The lowest BCUT2D eigenvalue weighted by atomic mass is 10.1. The molecule has 0 saturated heterocycles. The van der Waals surface area contributed by atoms with Gasteiger partial charge in [0.05, 0.1) is 6.10 Å². The summed E-state index contributed by atoms with van der Waals surface area (Å²) in [4.78, 5) is 0.